The average molecular weight is 429 g/mol. The zero-order valence-corrected chi connectivity index (χ0v) is 18.3. The fourth-order valence-electron chi connectivity index (χ4n) is 4.12. The molecule has 1 aliphatic rings. The SMILES string of the molecule is Cc1nc(-c2ccccn2)sc1C(=O)N1CCN(Cc2cccc3ccccc23)CC1. The van der Waals surface area contributed by atoms with Crippen LogP contribution in [-0.4, -0.2) is 51.9 Å². The maximum atomic E-state index is 13.2. The smallest absolute Gasteiger partial charge is 0.265 e. The Bertz CT molecular complexity index is 1210. The molecule has 5 nitrogen and oxygen atoms in total. The molecule has 1 amide bonds. The number of thiazole rings is 1. The third kappa shape index (κ3) is 4.09. The van der Waals surface area contributed by atoms with Gasteiger partial charge in [0.15, 0.2) is 0 Å². The molecule has 0 spiro atoms. The van der Waals surface area contributed by atoms with Crippen molar-refractivity contribution in [3.63, 3.8) is 0 Å². The summed E-state index contributed by atoms with van der Waals surface area (Å²) in [7, 11) is 0. The van der Waals surface area contributed by atoms with E-state index in [0.717, 1.165) is 54.0 Å². The van der Waals surface area contributed by atoms with Crippen LogP contribution < -0.4 is 0 Å². The summed E-state index contributed by atoms with van der Waals surface area (Å²) < 4.78 is 0. The summed E-state index contributed by atoms with van der Waals surface area (Å²) in [5, 5.41) is 3.39. The van der Waals surface area contributed by atoms with Crippen LogP contribution in [0.15, 0.2) is 66.9 Å². The van der Waals surface area contributed by atoms with Gasteiger partial charge in [0.05, 0.1) is 11.4 Å². The van der Waals surface area contributed by atoms with E-state index in [1.165, 1.54) is 27.7 Å². The molecule has 4 aromatic rings. The monoisotopic (exact) mass is 428 g/mol. The van der Waals surface area contributed by atoms with Gasteiger partial charge in [0.25, 0.3) is 5.91 Å². The van der Waals surface area contributed by atoms with E-state index in [1.807, 2.05) is 30.0 Å². The summed E-state index contributed by atoms with van der Waals surface area (Å²) in [5.74, 6) is 0.0852. The second kappa shape index (κ2) is 8.57. The highest BCUT2D eigenvalue weighted by molar-refractivity contribution is 7.17. The summed E-state index contributed by atoms with van der Waals surface area (Å²) in [6, 6.07) is 20.8. The topological polar surface area (TPSA) is 49.3 Å². The Labute approximate surface area is 186 Å². The molecule has 31 heavy (non-hydrogen) atoms. The summed E-state index contributed by atoms with van der Waals surface area (Å²) >= 11 is 1.44. The van der Waals surface area contributed by atoms with Gasteiger partial charge in [-0.3, -0.25) is 14.7 Å². The second-order valence-corrected chi connectivity index (χ2v) is 8.85. The van der Waals surface area contributed by atoms with Crippen LogP contribution in [0.4, 0.5) is 0 Å². The van der Waals surface area contributed by atoms with Gasteiger partial charge < -0.3 is 4.90 Å². The number of benzene rings is 2. The van der Waals surface area contributed by atoms with Crippen LogP contribution in [0.5, 0.6) is 0 Å². The molecule has 0 radical (unpaired) electrons. The Morgan fingerprint density at radius 2 is 1.74 bits per heavy atom. The van der Waals surface area contributed by atoms with Crippen LogP contribution in [0.25, 0.3) is 21.5 Å². The van der Waals surface area contributed by atoms with E-state index >= 15 is 0 Å². The first-order chi connectivity index (χ1) is 15.2. The summed E-state index contributed by atoms with van der Waals surface area (Å²) in [6.45, 7) is 6.04. The molecule has 2 aromatic heterocycles. The molecule has 3 heterocycles. The molecule has 1 saturated heterocycles. The number of aromatic nitrogens is 2. The third-order valence-corrected chi connectivity index (χ3v) is 6.98. The van der Waals surface area contributed by atoms with Crippen LogP contribution in [0, 0.1) is 6.92 Å². The number of pyridine rings is 1. The lowest BCUT2D eigenvalue weighted by molar-refractivity contribution is 0.0633. The Morgan fingerprint density at radius 3 is 2.55 bits per heavy atom. The Balaban J connectivity index is 1.25. The Kier molecular flexibility index (Phi) is 5.49. The van der Waals surface area contributed by atoms with Crippen LogP contribution in [0.1, 0.15) is 20.9 Å². The van der Waals surface area contributed by atoms with Crippen molar-refractivity contribution < 1.29 is 4.79 Å². The van der Waals surface area contributed by atoms with E-state index in [-0.39, 0.29) is 5.91 Å². The van der Waals surface area contributed by atoms with Gasteiger partial charge >= 0.3 is 0 Å². The fraction of sp³-hybridized carbons (Fsp3) is 0.240. The molecule has 5 rings (SSSR count). The van der Waals surface area contributed by atoms with E-state index in [9.17, 15) is 4.79 Å². The molecule has 0 aliphatic carbocycles. The number of hydrogen-bond donors (Lipinski definition) is 0. The highest BCUT2D eigenvalue weighted by Gasteiger charge is 2.26. The largest absolute Gasteiger partial charge is 0.335 e. The molecule has 0 unspecified atom stereocenters. The highest BCUT2D eigenvalue weighted by atomic mass is 32.1. The van der Waals surface area contributed by atoms with Crippen molar-refractivity contribution >= 4 is 28.0 Å². The highest BCUT2D eigenvalue weighted by Crippen LogP contribution is 2.28. The van der Waals surface area contributed by atoms with Gasteiger partial charge in [0.1, 0.15) is 9.88 Å². The first-order valence-corrected chi connectivity index (χ1v) is 11.4. The molecular weight excluding hydrogens is 404 g/mol. The Morgan fingerprint density at radius 1 is 0.968 bits per heavy atom. The number of carbonyl (C=O) groups excluding carboxylic acids is 1. The van der Waals surface area contributed by atoms with Crippen LogP contribution >= 0.6 is 11.3 Å². The number of piperazine rings is 1. The van der Waals surface area contributed by atoms with Gasteiger partial charge in [-0.15, -0.1) is 11.3 Å². The standard InChI is InChI=1S/C25H24N4OS/c1-18-23(31-24(27-18)22-11-4-5-12-26-22)25(30)29-15-13-28(14-16-29)17-20-9-6-8-19-7-2-3-10-21(19)20/h2-12H,13-17H2,1H3. The lowest BCUT2D eigenvalue weighted by atomic mass is 10.0. The number of rotatable bonds is 4. The van der Waals surface area contributed by atoms with Crippen molar-refractivity contribution in [3.8, 4) is 10.7 Å². The second-order valence-electron chi connectivity index (χ2n) is 7.86. The number of fused-ring (bicyclic) bond motifs is 1. The van der Waals surface area contributed by atoms with Crippen molar-refractivity contribution in [1.29, 1.82) is 0 Å². The predicted octanol–water partition coefficient (Wildman–Crippen LogP) is 4.62. The van der Waals surface area contributed by atoms with Gasteiger partial charge in [0, 0.05) is 38.9 Å². The fourth-order valence-corrected chi connectivity index (χ4v) is 5.13. The molecule has 6 heteroatoms. The van der Waals surface area contributed by atoms with Crippen molar-refractivity contribution in [2.45, 2.75) is 13.5 Å². The number of aryl methyl sites for hydroxylation is 1. The lowest BCUT2D eigenvalue weighted by Gasteiger charge is -2.34. The molecule has 1 aliphatic heterocycles. The van der Waals surface area contributed by atoms with E-state index in [1.54, 1.807) is 6.20 Å². The first kappa shape index (κ1) is 19.8. The Hall–Kier alpha value is -3.09. The molecule has 1 fully saturated rings. The van der Waals surface area contributed by atoms with Gasteiger partial charge in [-0.2, -0.15) is 0 Å². The molecule has 0 N–H and O–H groups in total. The molecule has 156 valence electrons. The van der Waals surface area contributed by atoms with Crippen molar-refractivity contribution in [2.24, 2.45) is 0 Å². The minimum atomic E-state index is 0.0852. The molecule has 2 aromatic carbocycles. The maximum absolute atomic E-state index is 13.2. The summed E-state index contributed by atoms with van der Waals surface area (Å²) in [6.07, 6.45) is 1.75. The van der Waals surface area contributed by atoms with Gasteiger partial charge in [-0.05, 0) is 35.4 Å². The zero-order chi connectivity index (χ0) is 21.2. The minimum absolute atomic E-state index is 0.0852. The number of carbonyl (C=O) groups is 1. The quantitative estimate of drug-likeness (QED) is 0.476. The normalized spacial score (nSPS) is 14.8. The third-order valence-electron chi connectivity index (χ3n) is 5.81. The van der Waals surface area contributed by atoms with E-state index < -0.39 is 0 Å². The molecule has 0 saturated carbocycles. The molecule has 0 atom stereocenters. The lowest BCUT2D eigenvalue weighted by Crippen LogP contribution is -2.48. The molecule has 0 bridgehead atoms. The van der Waals surface area contributed by atoms with E-state index in [2.05, 4.69) is 57.3 Å². The average Bonchev–Trinajstić information content (AvgIpc) is 3.21. The van der Waals surface area contributed by atoms with Crippen molar-refractivity contribution in [3.05, 3.63) is 83.0 Å². The number of hydrogen-bond acceptors (Lipinski definition) is 5. The first-order valence-electron chi connectivity index (χ1n) is 10.6. The molecular formula is C25H24N4OS. The maximum Gasteiger partial charge on any atom is 0.265 e. The zero-order valence-electron chi connectivity index (χ0n) is 17.5. The van der Waals surface area contributed by atoms with Crippen molar-refractivity contribution in [2.75, 3.05) is 26.2 Å². The van der Waals surface area contributed by atoms with Gasteiger partial charge in [-0.1, -0.05) is 48.5 Å². The van der Waals surface area contributed by atoms with E-state index in [4.69, 9.17) is 0 Å². The predicted molar refractivity (Wildman–Crippen MR) is 125 cm³/mol. The van der Waals surface area contributed by atoms with Crippen LogP contribution in [0.2, 0.25) is 0 Å². The number of amides is 1. The van der Waals surface area contributed by atoms with Crippen molar-refractivity contribution in [1.82, 2.24) is 19.8 Å². The summed E-state index contributed by atoms with van der Waals surface area (Å²) in [4.78, 5) is 27.2. The van der Waals surface area contributed by atoms with E-state index in [0.29, 0.717) is 0 Å². The van der Waals surface area contributed by atoms with Crippen LogP contribution in [-0.2, 0) is 6.54 Å². The minimum Gasteiger partial charge on any atom is -0.335 e. The van der Waals surface area contributed by atoms with Gasteiger partial charge in [0.2, 0.25) is 0 Å². The van der Waals surface area contributed by atoms with Gasteiger partial charge in [-0.25, -0.2) is 4.98 Å². The summed E-state index contributed by atoms with van der Waals surface area (Å²) in [5.41, 5.74) is 2.94. The van der Waals surface area contributed by atoms with Crippen LogP contribution in [0.3, 0.4) is 0 Å². The number of nitrogens with zero attached hydrogens (tertiary/aromatic N) is 4.